The van der Waals surface area contributed by atoms with Gasteiger partial charge in [0.1, 0.15) is 5.15 Å². The molecule has 1 aromatic heterocycles. The van der Waals surface area contributed by atoms with Gasteiger partial charge in [0.15, 0.2) is 0 Å². The fraction of sp³-hybridized carbons (Fsp3) is 0.333. The fourth-order valence-electron chi connectivity index (χ4n) is 1.06. The van der Waals surface area contributed by atoms with Crippen LogP contribution in [0.5, 0.6) is 0 Å². The number of nitrogens with zero attached hydrogens (tertiary/aromatic N) is 1. The predicted octanol–water partition coefficient (Wildman–Crippen LogP) is 1.84. The highest BCUT2D eigenvalue weighted by atomic mass is 35.5. The van der Waals surface area contributed by atoms with Crippen molar-refractivity contribution in [2.24, 2.45) is 5.73 Å². The van der Waals surface area contributed by atoms with Crippen LogP contribution in [0.1, 0.15) is 35.3 Å². The number of aromatic nitrogens is 1. The molecule has 76 valence electrons. The molecule has 0 bridgehead atoms. The number of rotatable bonds is 3. The van der Waals surface area contributed by atoms with Crippen LogP contribution in [0, 0.1) is 0 Å². The lowest BCUT2D eigenvalue weighted by molar-refractivity contribution is 0.0696. The fourth-order valence-corrected chi connectivity index (χ4v) is 1.31. The lowest BCUT2D eigenvalue weighted by atomic mass is 10.1. The highest BCUT2D eigenvalue weighted by molar-refractivity contribution is 6.30. The molecule has 0 saturated carbocycles. The van der Waals surface area contributed by atoms with Crippen LogP contribution in [0.3, 0.4) is 0 Å². The topological polar surface area (TPSA) is 76.2 Å². The molecule has 1 heterocycles. The number of pyridine rings is 1. The third kappa shape index (κ3) is 2.21. The molecule has 1 rings (SSSR count). The number of carbonyl (C=O) groups is 1. The number of aromatic carboxylic acids is 1. The van der Waals surface area contributed by atoms with Crippen molar-refractivity contribution < 1.29 is 9.90 Å². The Labute approximate surface area is 86.7 Å². The lowest BCUT2D eigenvalue weighted by Crippen LogP contribution is -2.11. The Morgan fingerprint density at radius 1 is 1.79 bits per heavy atom. The largest absolute Gasteiger partial charge is 0.478 e. The summed E-state index contributed by atoms with van der Waals surface area (Å²) in [7, 11) is 0. The summed E-state index contributed by atoms with van der Waals surface area (Å²) < 4.78 is 0. The van der Waals surface area contributed by atoms with Crippen LogP contribution in [0.4, 0.5) is 0 Å². The van der Waals surface area contributed by atoms with Gasteiger partial charge in [0.25, 0.3) is 0 Å². The first kappa shape index (κ1) is 10.9. The minimum atomic E-state index is -1.03. The van der Waals surface area contributed by atoms with Crippen LogP contribution in [-0.4, -0.2) is 16.1 Å². The maximum absolute atomic E-state index is 10.7. The van der Waals surface area contributed by atoms with Crippen molar-refractivity contribution in [1.82, 2.24) is 4.98 Å². The van der Waals surface area contributed by atoms with E-state index in [0.29, 0.717) is 12.0 Å². The molecule has 14 heavy (non-hydrogen) atoms. The van der Waals surface area contributed by atoms with E-state index in [1.807, 2.05) is 6.92 Å². The van der Waals surface area contributed by atoms with Gasteiger partial charge in [-0.05, 0) is 12.5 Å². The average molecular weight is 215 g/mol. The van der Waals surface area contributed by atoms with Gasteiger partial charge in [-0.3, -0.25) is 0 Å². The molecule has 1 unspecified atom stereocenters. The summed E-state index contributed by atoms with van der Waals surface area (Å²) >= 11 is 5.79. The molecule has 0 radical (unpaired) electrons. The zero-order valence-electron chi connectivity index (χ0n) is 7.70. The molecule has 4 nitrogen and oxygen atoms in total. The van der Waals surface area contributed by atoms with E-state index < -0.39 is 5.97 Å². The zero-order chi connectivity index (χ0) is 10.7. The van der Waals surface area contributed by atoms with E-state index in [-0.39, 0.29) is 16.8 Å². The highest BCUT2D eigenvalue weighted by Gasteiger charge is 2.12. The van der Waals surface area contributed by atoms with Crippen molar-refractivity contribution in [3.8, 4) is 0 Å². The van der Waals surface area contributed by atoms with Crippen molar-refractivity contribution in [3.05, 3.63) is 28.5 Å². The quantitative estimate of drug-likeness (QED) is 0.753. The molecule has 0 spiro atoms. The molecule has 5 heteroatoms. The standard InChI is InChI=1S/C9H11ClN2O2/c1-2-7(11)6-3-5(9(13)14)4-12-8(6)10/h3-4,7H,2,11H2,1H3,(H,13,14). The van der Waals surface area contributed by atoms with Gasteiger partial charge in [0, 0.05) is 17.8 Å². The van der Waals surface area contributed by atoms with E-state index in [1.54, 1.807) is 0 Å². The summed E-state index contributed by atoms with van der Waals surface area (Å²) in [6, 6.07) is 1.19. The third-order valence-electron chi connectivity index (χ3n) is 1.95. The summed E-state index contributed by atoms with van der Waals surface area (Å²) in [4.78, 5) is 14.4. The molecule has 0 aromatic carbocycles. The maximum Gasteiger partial charge on any atom is 0.337 e. The Hall–Kier alpha value is -1.13. The minimum Gasteiger partial charge on any atom is -0.478 e. The SMILES string of the molecule is CCC(N)c1cc(C(=O)O)cnc1Cl. The molecular weight excluding hydrogens is 204 g/mol. The van der Waals surface area contributed by atoms with Crippen molar-refractivity contribution in [3.63, 3.8) is 0 Å². The molecule has 1 atom stereocenters. The third-order valence-corrected chi connectivity index (χ3v) is 2.27. The Morgan fingerprint density at radius 2 is 2.43 bits per heavy atom. The maximum atomic E-state index is 10.7. The second-order valence-electron chi connectivity index (χ2n) is 2.92. The molecule has 0 aliphatic heterocycles. The summed E-state index contributed by atoms with van der Waals surface area (Å²) in [6.45, 7) is 1.90. The molecule has 0 saturated heterocycles. The molecule has 0 aliphatic rings. The van der Waals surface area contributed by atoms with Crippen molar-refractivity contribution in [1.29, 1.82) is 0 Å². The average Bonchev–Trinajstić information content (AvgIpc) is 2.17. The molecular formula is C9H11ClN2O2. The predicted molar refractivity (Wildman–Crippen MR) is 53.4 cm³/mol. The van der Waals surface area contributed by atoms with E-state index in [2.05, 4.69) is 4.98 Å². The van der Waals surface area contributed by atoms with Crippen LogP contribution in [0.2, 0.25) is 5.15 Å². The first-order chi connectivity index (χ1) is 6.56. The number of hydrogen-bond acceptors (Lipinski definition) is 3. The number of carboxylic acids is 1. The van der Waals surface area contributed by atoms with Gasteiger partial charge in [-0.2, -0.15) is 0 Å². The number of nitrogens with two attached hydrogens (primary N) is 1. The van der Waals surface area contributed by atoms with E-state index in [1.165, 1.54) is 12.3 Å². The number of halogens is 1. The van der Waals surface area contributed by atoms with E-state index in [0.717, 1.165) is 0 Å². The van der Waals surface area contributed by atoms with E-state index in [4.69, 9.17) is 22.4 Å². The van der Waals surface area contributed by atoms with Crippen molar-refractivity contribution in [2.75, 3.05) is 0 Å². The number of carboxylic acid groups (broad SMARTS) is 1. The number of hydrogen-bond donors (Lipinski definition) is 2. The van der Waals surface area contributed by atoms with E-state index in [9.17, 15) is 4.79 Å². The van der Waals surface area contributed by atoms with Crippen molar-refractivity contribution in [2.45, 2.75) is 19.4 Å². The summed E-state index contributed by atoms with van der Waals surface area (Å²) in [5.74, 6) is -1.03. The summed E-state index contributed by atoms with van der Waals surface area (Å²) in [6.07, 6.45) is 1.90. The summed E-state index contributed by atoms with van der Waals surface area (Å²) in [5.41, 5.74) is 6.43. The smallest absolute Gasteiger partial charge is 0.337 e. The minimum absolute atomic E-state index is 0.105. The monoisotopic (exact) mass is 214 g/mol. The highest BCUT2D eigenvalue weighted by Crippen LogP contribution is 2.22. The van der Waals surface area contributed by atoms with Crippen LogP contribution < -0.4 is 5.73 Å². The van der Waals surface area contributed by atoms with Gasteiger partial charge in [0.05, 0.1) is 5.56 Å². The molecule has 1 aromatic rings. The van der Waals surface area contributed by atoms with Crippen molar-refractivity contribution >= 4 is 17.6 Å². The van der Waals surface area contributed by atoms with Gasteiger partial charge < -0.3 is 10.8 Å². The van der Waals surface area contributed by atoms with E-state index >= 15 is 0 Å². The van der Waals surface area contributed by atoms with Gasteiger partial charge >= 0.3 is 5.97 Å². The van der Waals surface area contributed by atoms with Crippen LogP contribution >= 0.6 is 11.6 Å². The first-order valence-electron chi connectivity index (χ1n) is 4.20. The molecule has 0 amide bonds. The Balaban J connectivity index is 3.14. The van der Waals surface area contributed by atoms with Gasteiger partial charge in [-0.25, -0.2) is 9.78 Å². The van der Waals surface area contributed by atoms with Crippen LogP contribution in [0.25, 0.3) is 0 Å². The molecule has 3 N–H and O–H groups in total. The Morgan fingerprint density at radius 3 is 2.93 bits per heavy atom. The van der Waals surface area contributed by atoms with Crippen LogP contribution in [-0.2, 0) is 0 Å². The Bertz CT molecular complexity index is 355. The summed E-state index contributed by atoms with van der Waals surface area (Å²) in [5, 5.41) is 9.00. The second kappa shape index (κ2) is 4.39. The zero-order valence-corrected chi connectivity index (χ0v) is 8.45. The lowest BCUT2D eigenvalue weighted by Gasteiger charge is -2.10. The molecule has 0 aliphatic carbocycles. The second-order valence-corrected chi connectivity index (χ2v) is 3.28. The Kier molecular flexibility index (Phi) is 3.43. The first-order valence-corrected chi connectivity index (χ1v) is 4.58. The van der Waals surface area contributed by atoms with Gasteiger partial charge in [-0.15, -0.1) is 0 Å². The van der Waals surface area contributed by atoms with Gasteiger partial charge in [-0.1, -0.05) is 18.5 Å². The van der Waals surface area contributed by atoms with Crippen LogP contribution in [0.15, 0.2) is 12.3 Å². The molecule has 0 fully saturated rings. The van der Waals surface area contributed by atoms with Gasteiger partial charge in [0.2, 0.25) is 0 Å². The normalized spacial score (nSPS) is 12.5.